The minimum atomic E-state index is -0.393. The number of rotatable bonds is 7. The Morgan fingerprint density at radius 3 is 2.46 bits per heavy atom. The van der Waals surface area contributed by atoms with Crippen LogP contribution < -0.4 is 15.5 Å². The second-order valence-corrected chi connectivity index (χ2v) is 5.16. The molecule has 0 aliphatic rings. The highest BCUT2D eigenvalue weighted by atomic mass is 16.5. The van der Waals surface area contributed by atoms with Crippen molar-refractivity contribution in [3.63, 3.8) is 0 Å². The maximum Gasteiger partial charge on any atom is 0.262 e. The van der Waals surface area contributed by atoms with E-state index in [2.05, 4.69) is 15.8 Å². The summed E-state index contributed by atoms with van der Waals surface area (Å²) in [5, 5.41) is 16.3. The Morgan fingerprint density at radius 2 is 1.88 bits per heavy atom. The number of amides is 1. The number of benzene rings is 2. The van der Waals surface area contributed by atoms with Gasteiger partial charge in [0.05, 0.1) is 13.3 Å². The van der Waals surface area contributed by atoms with E-state index in [1.54, 1.807) is 31.4 Å². The average molecular weight is 327 g/mol. The van der Waals surface area contributed by atoms with Gasteiger partial charge in [-0.05, 0) is 60.5 Å². The predicted molar refractivity (Wildman–Crippen MR) is 94.5 cm³/mol. The second-order valence-electron chi connectivity index (χ2n) is 5.16. The molecule has 0 heterocycles. The number of phenols is 1. The molecular weight excluding hydrogens is 306 g/mol. The van der Waals surface area contributed by atoms with Crippen molar-refractivity contribution in [1.82, 2.24) is 5.43 Å². The first-order chi connectivity index (χ1) is 11.6. The van der Waals surface area contributed by atoms with Gasteiger partial charge in [-0.1, -0.05) is 6.92 Å². The molecule has 0 radical (unpaired) electrons. The van der Waals surface area contributed by atoms with Crippen molar-refractivity contribution in [3.05, 3.63) is 54.1 Å². The molecule has 0 aliphatic heterocycles. The summed E-state index contributed by atoms with van der Waals surface area (Å²) in [4.78, 5) is 12.2. The van der Waals surface area contributed by atoms with Crippen molar-refractivity contribution in [1.29, 1.82) is 0 Å². The quantitative estimate of drug-likeness (QED) is 0.539. The van der Waals surface area contributed by atoms with Gasteiger partial charge < -0.3 is 15.2 Å². The third kappa shape index (κ3) is 5.01. The third-order valence-electron chi connectivity index (χ3n) is 3.44. The highest BCUT2D eigenvalue weighted by Crippen LogP contribution is 2.16. The van der Waals surface area contributed by atoms with Crippen molar-refractivity contribution < 1.29 is 14.6 Å². The minimum Gasteiger partial charge on any atom is -0.508 e. The molecule has 2 aromatic carbocycles. The van der Waals surface area contributed by atoms with Gasteiger partial charge in [-0.15, -0.1) is 0 Å². The number of hydrazone groups is 1. The van der Waals surface area contributed by atoms with Crippen LogP contribution in [-0.2, 0) is 4.79 Å². The molecule has 0 unspecified atom stereocenters. The predicted octanol–water partition coefficient (Wildman–Crippen LogP) is 2.74. The van der Waals surface area contributed by atoms with Crippen molar-refractivity contribution in [3.8, 4) is 11.5 Å². The summed E-state index contributed by atoms with van der Waals surface area (Å²) < 4.78 is 5.11. The van der Waals surface area contributed by atoms with Gasteiger partial charge in [0.25, 0.3) is 5.91 Å². The van der Waals surface area contributed by atoms with Crippen LogP contribution >= 0.6 is 0 Å². The van der Waals surface area contributed by atoms with Gasteiger partial charge in [0, 0.05) is 5.69 Å². The number of anilines is 1. The zero-order valence-corrected chi connectivity index (χ0v) is 13.7. The largest absolute Gasteiger partial charge is 0.508 e. The van der Waals surface area contributed by atoms with Gasteiger partial charge in [0.2, 0.25) is 0 Å². The van der Waals surface area contributed by atoms with E-state index in [-0.39, 0.29) is 11.7 Å². The molecule has 0 aliphatic carbocycles. The molecule has 126 valence electrons. The molecule has 0 saturated carbocycles. The van der Waals surface area contributed by atoms with Crippen molar-refractivity contribution in [2.75, 3.05) is 12.4 Å². The van der Waals surface area contributed by atoms with Crippen molar-refractivity contribution in [2.45, 2.75) is 19.4 Å². The van der Waals surface area contributed by atoms with E-state index >= 15 is 0 Å². The molecule has 6 nitrogen and oxygen atoms in total. The summed E-state index contributed by atoms with van der Waals surface area (Å²) >= 11 is 0. The number of phenolic OH excluding ortho intramolecular Hbond substituents is 1. The number of hydrogen-bond donors (Lipinski definition) is 3. The first-order valence-electron chi connectivity index (χ1n) is 7.65. The standard InChI is InChI=1S/C18H21N3O3/c1-3-17(20-14-6-10-16(24-2)11-7-14)18(23)21-19-12-13-4-8-15(22)9-5-13/h4-12,17,20,22H,3H2,1-2H3,(H,21,23)/t17-/m1/s1. The Kier molecular flexibility index (Phi) is 6.19. The van der Waals surface area contributed by atoms with E-state index in [9.17, 15) is 9.90 Å². The first-order valence-corrected chi connectivity index (χ1v) is 7.65. The minimum absolute atomic E-state index is 0.186. The SMILES string of the molecule is CC[C@@H](Nc1ccc(OC)cc1)C(=O)NN=Cc1ccc(O)cc1. The molecule has 24 heavy (non-hydrogen) atoms. The average Bonchev–Trinajstić information content (AvgIpc) is 2.61. The molecule has 0 aromatic heterocycles. The van der Waals surface area contributed by atoms with Gasteiger partial charge in [0.1, 0.15) is 17.5 Å². The van der Waals surface area contributed by atoms with Gasteiger partial charge >= 0.3 is 0 Å². The van der Waals surface area contributed by atoms with Crippen molar-refractivity contribution in [2.24, 2.45) is 5.10 Å². The van der Waals surface area contributed by atoms with E-state index < -0.39 is 6.04 Å². The lowest BCUT2D eigenvalue weighted by Crippen LogP contribution is -2.36. The Balaban J connectivity index is 1.91. The smallest absolute Gasteiger partial charge is 0.262 e. The molecule has 0 spiro atoms. The van der Waals surface area contributed by atoms with Crippen LogP contribution in [0, 0.1) is 0 Å². The summed E-state index contributed by atoms with van der Waals surface area (Å²) in [6, 6.07) is 13.5. The second kappa shape index (κ2) is 8.57. The molecule has 0 fully saturated rings. The van der Waals surface area contributed by atoms with Crippen LogP contribution in [0.4, 0.5) is 5.69 Å². The Hall–Kier alpha value is -3.02. The van der Waals surface area contributed by atoms with Gasteiger partial charge in [0.15, 0.2) is 0 Å². The van der Waals surface area contributed by atoms with E-state index in [0.29, 0.717) is 6.42 Å². The Bertz CT molecular complexity index is 682. The van der Waals surface area contributed by atoms with Crippen LogP contribution in [0.5, 0.6) is 11.5 Å². The fourth-order valence-electron chi connectivity index (χ4n) is 2.05. The van der Waals surface area contributed by atoms with E-state index in [1.165, 1.54) is 6.21 Å². The topological polar surface area (TPSA) is 83.0 Å². The number of hydrogen-bond acceptors (Lipinski definition) is 5. The van der Waals surface area contributed by atoms with E-state index in [4.69, 9.17) is 4.74 Å². The Morgan fingerprint density at radius 1 is 1.21 bits per heavy atom. The molecule has 3 N–H and O–H groups in total. The lowest BCUT2D eigenvalue weighted by molar-refractivity contribution is -0.121. The van der Waals surface area contributed by atoms with Crippen molar-refractivity contribution >= 4 is 17.8 Å². The maximum absolute atomic E-state index is 12.2. The van der Waals surface area contributed by atoms with Crippen LogP contribution in [-0.4, -0.2) is 30.4 Å². The van der Waals surface area contributed by atoms with Crippen LogP contribution in [0.1, 0.15) is 18.9 Å². The maximum atomic E-state index is 12.2. The number of carbonyl (C=O) groups excluding carboxylic acids is 1. The number of nitrogens with zero attached hydrogens (tertiary/aromatic N) is 1. The molecule has 1 atom stereocenters. The van der Waals surface area contributed by atoms with E-state index in [0.717, 1.165) is 17.0 Å². The number of carbonyl (C=O) groups is 1. The summed E-state index contributed by atoms with van der Waals surface area (Å²) in [5.41, 5.74) is 4.14. The highest BCUT2D eigenvalue weighted by Gasteiger charge is 2.15. The van der Waals surface area contributed by atoms with Crippen LogP contribution in [0.25, 0.3) is 0 Å². The third-order valence-corrected chi connectivity index (χ3v) is 3.44. The molecule has 1 amide bonds. The molecule has 0 saturated heterocycles. The molecule has 0 bridgehead atoms. The number of ether oxygens (including phenoxy) is 1. The van der Waals surface area contributed by atoms with Crippen LogP contribution in [0.3, 0.4) is 0 Å². The Labute approximate surface area is 141 Å². The number of aromatic hydroxyl groups is 1. The van der Waals surface area contributed by atoms with E-state index in [1.807, 2.05) is 31.2 Å². The molecule has 2 aromatic rings. The van der Waals surface area contributed by atoms with Crippen LogP contribution in [0.2, 0.25) is 0 Å². The normalized spacial score (nSPS) is 11.9. The summed E-state index contributed by atoms with van der Waals surface area (Å²) in [6.45, 7) is 1.92. The number of nitrogens with one attached hydrogen (secondary N) is 2. The lowest BCUT2D eigenvalue weighted by atomic mass is 10.2. The number of methoxy groups -OCH3 is 1. The van der Waals surface area contributed by atoms with Gasteiger partial charge in [-0.2, -0.15) is 5.10 Å². The molecule has 2 rings (SSSR count). The zero-order chi connectivity index (χ0) is 17.4. The van der Waals surface area contributed by atoms with Crippen LogP contribution in [0.15, 0.2) is 53.6 Å². The fourth-order valence-corrected chi connectivity index (χ4v) is 2.05. The molecule has 6 heteroatoms. The fraction of sp³-hybridized carbons (Fsp3) is 0.222. The summed E-state index contributed by atoms with van der Waals surface area (Å²) in [6.07, 6.45) is 2.14. The summed E-state index contributed by atoms with van der Waals surface area (Å²) in [5.74, 6) is 0.728. The van der Waals surface area contributed by atoms with Gasteiger partial charge in [-0.25, -0.2) is 5.43 Å². The first kappa shape index (κ1) is 17.3. The highest BCUT2D eigenvalue weighted by molar-refractivity contribution is 5.86. The molecular formula is C18H21N3O3. The van der Waals surface area contributed by atoms with Gasteiger partial charge in [-0.3, -0.25) is 4.79 Å². The summed E-state index contributed by atoms with van der Waals surface area (Å²) in [7, 11) is 1.61. The lowest BCUT2D eigenvalue weighted by Gasteiger charge is -2.16. The monoisotopic (exact) mass is 327 g/mol. The zero-order valence-electron chi connectivity index (χ0n) is 13.7.